The summed E-state index contributed by atoms with van der Waals surface area (Å²) in [6, 6.07) is 0. The van der Waals surface area contributed by atoms with Crippen molar-refractivity contribution in [3.8, 4) is 0 Å². The van der Waals surface area contributed by atoms with Crippen molar-refractivity contribution in [3.63, 3.8) is 0 Å². The average Bonchev–Trinajstić information content (AvgIpc) is 2.60. The molecule has 1 aliphatic rings. The van der Waals surface area contributed by atoms with Crippen LogP contribution in [0.15, 0.2) is 0 Å². The highest BCUT2D eigenvalue weighted by Crippen LogP contribution is 2.57. The van der Waals surface area contributed by atoms with Gasteiger partial charge in [0, 0.05) is 13.1 Å². The Labute approximate surface area is 85.6 Å². The Morgan fingerprint density at radius 3 is 1.69 bits per heavy atom. The summed E-state index contributed by atoms with van der Waals surface area (Å²) in [6.07, 6.45) is 0.287. The van der Waals surface area contributed by atoms with Gasteiger partial charge in [-0.25, -0.2) is 4.67 Å². The summed E-state index contributed by atoms with van der Waals surface area (Å²) in [4.78, 5) is 0. The average molecular weight is 223 g/mol. The molecule has 1 heterocycles. The summed E-state index contributed by atoms with van der Waals surface area (Å²) < 4.78 is 13.5. The largest absolute Gasteiger partial charge is 0.315 e. The van der Waals surface area contributed by atoms with Gasteiger partial charge >= 0.3 is 0 Å². The van der Waals surface area contributed by atoms with Gasteiger partial charge in [-0.1, -0.05) is 0 Å². The quantitative estimate of drug-likeness (QED) is 0.527. The lowest BCUT2D eigenvalue weighted by Crippen LogP contribution is -2.12. The molecule has 78 valence electrons. The fourth-order valence-electron chi connectivity index (χ4n) is 0.981. The monoisotopic (exact) mass is 223 g/mol. The van der Waals surface area contributed by atoms with Crippen LogP contribution in [0.2, 0.25) is 0 Å². The van der Waals surface area contributed by atoms with Crippen LogP contribution >= 0.6 is 6.64 Å². The maximum atomic E-state index is 5.70. The molecular formula is C8H18NO2PS. The van der Waals surface area contributed by atoms with Gasteiger partial charge in [0.1, 0.15) is 0 Å². The zero-order valence-electron chi connectivity index (χ0n) is 8.69. The molecule has 1 saturated heterocycles. The van der Waals surface area contributed by atoms with Gasteiger partial charge in [0.25, 0.3) is 6.64 Å². The molecule has 0 aromatic heterocycles. The van der Waals surface area contributed by atoms with Gasteiger partial charge < -0.3 is 9.05 Å². The van der Waals surface area contributed by atoms with Crippen LogP contribution in [0.4, 0.5) is 0 Å². The summed E-state index contributed by atoms with van der Waals surface area (Å²) in [5.74, 6) is 0. The highest BCUT2D eigenvalue weighted by Gasteiger charge is 2.37. The van der Waals surface area contributed by atoms with E-state index in [0.29, 0.717) is 0 Å². The molecule has 0 spiro atoms. The van der Waals surface area contributed by atoms with Crippen LogP contribution in [0.3, 0.4) is 0 Å². The maximum absolute atomic E-state index is 5.70. The summed E-state index contributed by atoms with van der Waals surface area (Å²) >= 11 is 5.43. The molecule has 0 aromatic carbocycles. The Bertz CT molecular complexity index is 202. The normalized spacial score (nSPS) is 18.6. The number of nitrogens with zero attached hydrogens (tertiary/aromatic N) is 1. The standard InChI is InChI=1S/C8H18NO2PS/c1-7(2)10-12(13,9-5-6-9)11-8(3)4/h7-8H,5-6H2,1-4H3. The Morgan fingerprint density at radius 2 is 1.46 bits per heavy atom. The van der Waals surface area contributed by atoms with Crippen molar-refractivity contribution in [3.05, 3.63) is 0 Å². The molecular weight excluding hydrogens is 205 g/mol. The van der Waals surface area contributed by atoms with E-state index in [1.165, 1.54) is 0 Å². The Balaban J connectivity index is 2.57. The van der Waals surface area contributed by atoms with Gasteiger partial charge in [0.05, 0.1) is 12.2 Å². The minimum atomic E-state index is -2.13. The van der Waals surface area contributed by atoms with E-state index in [-0.39, 0.29) is 12.2 Å². The lowest BCUT2D eigenvalue weighted by Gasteiger charge is -2.26. The first kappa shape index (κ1) is 11.6. The highest BCUT2D eigenvalue weighted by atomic mass is 32.5. The number of rotatable bonds is 5. The maximum Gasteiger partial charge on any atom is 0.264 e. The Kier molecular flexibility index (Phi) is 3.90. The van der Waals surface area contributed by atoms with E-state index in [9.17, 15) is 0 Å². The van der Waals surface area contributed by atoms with Gasteiger partial charge in [0.15, 0.2) is 0 Å². The topological polar surface area (TPSA) is 21.5 Å². The summed E-state index contributed by atoms with van der Waals surface area (Å²) in [5, 5.41) is 0. The fraction of sp³-hybridized carbons (Fsp3) is 1.00. The first-order valence-corrected chi connectivity index (χ1v) is 7.25. The Morgan fingerprint density at radius 1 is 1.08 bits per heavy atom. The molecule has 0 N–H and O–H groups in total. The number of hydrogen-bond donors (Lipinski definition) is 0. The lowest BCUT2D eigenvalue weighted by molar-refractivity contribution is 0.160. The Hall–Kier alpha value is 0.530. The van der Waals surface area contributed by atoms with Crippen LogP contribution in [0.5, 0.6) is 0 Å². The molecule has 1 aliphatic heterocycles. The van der Waals surface area contributed by atoms with Crippen LogP contribution in [-0.2, 0) is 20.9 Å². The van der Waals surface area contributed by atoms with Crippen LogP contribution in [0.1, 0.15) is 27.7 Å². The van der Waals surface area contributed by atoms with Crippen molar-refractivity contribution >= 4 is 18.4 Å². The molecule has 1 rings (SSSR count). The number of hydrogen-bond acceptors (Lipinski definition) is 3. The molecule has 0 amide bonds. The minimum absolute atomic E-state index is 0.144. The summed E-state index contributed by atoms with van der Waals surface area (Å²) in [6.45, 7) is 7.90. The third-order valence-electron chi connectivity index (χ3n) is 1.46. The summed E-state index contributed by atoms with van der Waals surface area (Å²) in [7, 11) is 0. The minimum Gasteiger partial charge on any atom is -0.315 e. The highest BCUT2D eigenvalue weighted by molar-refractivity contribution is 8.08. The van der Waals surface area contributed by atoms with E-state index in [1.807, 2.05) is 27.7 Å². The molecule has 1 fully saturated rings. The van der Waals surface area contributed by atoms with Crippen molar-refractivity contribution in [2.75, 3.05) is 13.1 Å². The van der Waals surface area contributed by atoms with Gasteiger partial charge in [-0.05, 0) is 39.5 Å². The molecule has 0 atom stereocenters. The molecule has 0 bridgehead atoms. The zero-order valence-corrected chi connectivity index (χ0v) is 10.4. The van der Waals surface area contributed by atoms with Crippen LogP contribution < -0.4 is 0 Å². The predicted molar refractivity (Wildman–Crippen MR) is 58.3 cm³/mol. The first-order valence-electron chi connectivity index (χ1n) is 4.66. The smallest absolute Gasteiger partial charge is 0.264 e. The van der Waals surface area contributed by atoms with E-state index in [2.05, 4.69) is 4.67 Å². The van der Waals surface area contributed by atoms with E-state index < -0.39 is 6.64 Å². The molecule has 5 heteroatoms. The van der Waals surface area contributed by atoms with Crippen molar-refractivity contribution in [2.45, 2.75) is 39.9 Å². The zero-order chi connectivity index (χ0) is 10.1. The predicted octanol–water partition coefficient (Wildman–Crippen LogP) is 2.38. The molecule has 0 aromatic rings. The van der Waals surface area contributed by atoms with Crippen molar-refractivity contribution < 1.29 is 9.05 Å². The molecule has 0 radical (unpaired) electrons. The SMILES string of the molecule is CC(C)OP(=S)(OC(C)C)N1CC1. The van der Waals surface area contributed by atoms with E-state index in [1.54, 1.807) is 0 Å². The van der Waals surface area contributed by atoms with Gasteiger partial charge in [-0.2, -0.15) is 0 Å². The third kappa shape index (κ3) is 3.64. The van der Waals surface area contributed by atoms with E-state index in [4.69, 9.17) is 20.9 Å². The molecule has 3 nitrogen and oxygen atoms in total. The van der Waals surface area contributed by atoms with Crippen molar-refractivity contribution in [1.29, 1.82) is 0 Å². The van der Waals surface area contributed by atoms with E-state index in [0.717, 1.165) is 13.1 Å². The summed E-state index contributed by atoms with van der Waals surface area (Å²) in [5.41, 5.74) is 0. The van der Waals surface area contributed by atoms with Crippen molar-refractivity contribution in [2.24, 2.45) is 0 Å². The lowest BCUT2D eigenvalue weighted by atomic mass is 10.5. The van der Waals surface area contributed by atoms with Gasteiger partial charge in [-0.15, -0.1) is 0 Å². The van der Waals surface area contributed by atoms with Gasteiger partial charge in [-0.3, -0.25) is 0 Å². The van der Waals surface area contributed by atoms with Gasteiger partial charge in [0.2, 0.25) is 0 Å². The van der Waals surface area contributed by atoms with Crippen LogP contribution in [0, 0.1) is 0 Å². The molecule has 13 heavy (non-hydrogen) atoms. The molecule has 0 saturated carbocycles. The second kappa shape index (κ2) is 4.37. The second-order valence-electron chi connectivity index (χ2n) is 3.73. The van der Waals surface area contributed by atoms with E-state index >= 15 is 0 Å². The van der Waals surface area contributed by atoms with Crippen LogP contribution in [-0.4, -0.2) is 30.0 Å². The second-order valence-corrected chi connectivity index (χ2v) is 7.04. The fourth-order valence-corrected chi connectivity index (χ4v) is 4.46. The molecule has 0 aliphatic carbocycles. The first-order chi connectivity index (χ1) is 5.94. The van der Waals surface area contributed by atoms with Crippen LogP contribution in [0.25, 0.3) is 0 Å². The third-order valence-corrected chi connectivity index (χ3v) is 5.14. The molecule has 0 unspecified atom stereocenters. The van der Waals surface area contributed by atoms with Crippen molar-refractivity contribution in [1.82, 2.24) is 4.67 Å².